The maximum atomic E-state index is 12.4. The number of benzene rings is 1. The van der Waals surface area contributed by atoms with E-state index in [0.717, 1.165) is 13.4 Å². The second-order valence-electron chi connectivity index (χ2n) is 5.55. The molecule has 106 valence electrons. The van der Waals surface area contributed by atoms with E-state index < -0.39 is 11.0 Å². The minimum atomic E-state index is -0.695. The van der Waals surface area contributed by atoms with Gasteiger partial charge in [-0.3, -0.25) is 4.79 Å². The van der Waals surface area contributed by atoms with Crippen LogP contribution >= 0.6 is 47.8 Å². The molecule has 0 atom stereocenters. The van der Waals surface area contributed by atoms with Gasteiger partial charge in [0.25, 0.3) is 0 Å². The first kappa shape index (κ1) is 17.1. The normalized spacial score (nSPS) is 12.4. The lowest BCUT2D eigenvalue weighted by molar-refractivity contribution is -0.126. The van der Waals surface area contributed by atoms with Crippen LogP contribution < -0.4 is 11.1 Å². The van der Waals surface area contributed by atoms with Crippen molar-refractivity contribution in [2.45, 2.75) is 33.2 Å². The molecule has 0 unspecified atom stereocenters. The minimum absolute atomic E-state index is 0.122. The van der Waals surface area contributed by atoms with Crippen molar-refractivity contribution in [1.29, 1.82) is 0 Å². The maximum absolute atomic E-state index is 12.4. The number of hydrogen-bond donors (Lipinski definition) is 2. The van der Waals surface area contributed by atoms with Crippen LogP contribution in [0.1, 0.15) is 27.7 Å². The number of amides is 1. The smallest absolute Gasteiger partial charge is 0.231 e. The first-order valence-corrected chi connectivity index (χ1v) is 8.09. The van der Waals surface area contributed by atoms with Gasteiger partial charge in [-0.15, -0.1) is 0 Å². The van der Waals surface area contributed by atoms with E-state index in [1.165, 1.54) is 0 Å². The van der Waals surface area contributed by atoms with Crippen molar-refractivity contribution in [2.75, 3.05) is 5.32 Å². The highest BCUT2D eigenvalue weighted by molar-refractivity contribution is 9.11. The quantitative estimate of drug-likeness (QED) is 0.694. The molecule has 1 aromatic rings. The van der Waals surface area contributed by atoms with Gasteiger partial charge in [-0.25, -0.2) is 0 Å². The average molecular weight is 457 g/mol. The summed E-state index contributed by atoms with van der Waals surface area (Å²) in [5.41, 5.74) is 5.46. The summed E-state index contributed by atoms with van der Waals surface area (Å²) in [7, 11) is 0. The Morgan fingerprint density at radius 2 is 1.53 bits per heavy atom. The van der Waals surface area contributed by atoms with E-state index in [4.69, 9.17) is 5.73 Å². The van der Waals surface area contributed by atoms with Gasteiger partial charge in [0.2, 0.25) is 5.91 Å². The highest BCUT2D eigenvalue weighted by Gasteiger charge is 2.40. The van der Waals surface area contributed by atoms with Crippen LogP contribution in [0.4, 0.5) is 5.69 Å². The van der Waals surface area contributed by atoms with Crippen LogP contribution in [-0.2, 0) is 4.79 Å². The molecule has 0 saturated carbocycles. The van der Waals surface area contributed by atoms with Crippen LogP contribution in [0.25, 0.3) is 0 Å². The summed E-state index contributed by atoms with van der Waals surface area (Å²) >= 11 is 10.3. The van der Waals surface area contributed by atoms with Gasteiger partial charge in [-0.2, -0.15) is 0 Å². The van der Waals surface area contributed by atoms with Crippen LogP contribution in [0.15, 0.2) is 25.6 Å². The zero-order chi connectivity index (χ0) is 15.0. The van der Waals surface area contributed by atoms with Crippen molar-refractivity contribution in [3.8, 4) is 0 Å². The Labute approximate surface area is 139 Å². The summed E-state index contributed by atoms with van der Waals surface area (Å²) in [5, 5.41) is 2.92. The van der Waals surface area contributed by atoms with Crippen LogP contribution in [-0.4, -0.2) is 11.4 Å². The molecule has 0 radical (unpaired) electrons. The lowest BCUT2D eigenvalue weighted by Gasteiger charge is -2.37. The summed E-state index contributed by atoms with van der Waals surface area (Å²) < 4.78 is 2.52. The molecule has 0 heterocycles. The summed E-state index contributed by atoms with van der Waals surface area (Å²) in [4.78, 5) is 12.4. The number of anilines is 1. The molecule has 3 nitrogen and oxygen atoms in total. The zero-order valence-electron chi connectivity index (χ0n) is 11.3. The van der Waals surface area contributed by atoms with Crippen LogP contribution in [0.2, 0.25) is 0 Å². The van der Waals surface area contributed by atoms with Crippen molar-refractivity contribution in [2.24, 2.45) is 11.1 Å². The van der Waals surface area contributed by atoms with Crippen LogP contribution in [0.3, 0.4) is 0 Å². The molecule has 0 bridgehead atoms. The summed E-state index contributed by atoms with van der Waals surface area (Å²) in [6.07, 6.45) is 0. The highest BCUT2D eigenvalue weighted by atomic mass is 79.9. The standard InChI is InChI=1S/C13H17Br3N2O/c1-12(2,13(3,4)17)11(19)18-10-8(15)5-7(14)6-9(10)16/h5-6H,17H2,1-4H3,(H,18,19). The number of rotatable bonds is 3. The van der Waals surface area contributed by atoms with E-state index in [2.05, 4.69) is 53.1 Å². The second kappa shape index (κ2) is 5.84. The van der Waals surface area contributed by atoms with Crippen molar-refractivity contribution in [3.63, 3.8) is 0 Å². The molecule has 0 aliphatic heterocycles. The topological polar surface area (TPSA) is 55.1 Å². The SMILES string of the molecule is CC(C)(N)C(C)(C)C(=O)Nc1c(Br)cc(Br)cc1Br. The third-order valence-electron chi connectivity index (χ3n) is 3.42. The van der Waals surface area contributed by atoms with Gasteiger partial charge in [-0.1, -0.05) is 15.9 Å². The monoisotopic (exact) mass is 454 g/mol. The summed E-state index contributed by atoms with van der Waals surface area (Å²) in [5.74, 6) is -0.122. The number of carbonyl (C=O) groups excluding carboxylic acids is 1. The average Bonchev–Trinajstić information content (AvgIpc) is 2.21. The van der Waals surface area contributed by atoms with Gasteiger partial charge >= 0.3 is 0 Å². The molecule has 0 saturated heterocycles. The molecule has 0 aromatic heterocycles. The maximum Gasteiger partial charge on any atom is 0.231 e. The third kappa shape index (κ3) is 3.80. The molecule has 0 aliphatic rings. The Kier molecular flexibility index (Phi) is 5.26. The van der Waals surface area contributed by atoms with Gasteiger partial charge in [-0.05, 0) is 71.7 Å². The highest BCUT2D eigenvalue weighted by Crippen LogP contribution is 2.37. The summed E-state index contributed by atoms with van der Waals surface area (Å²) in [6, 6.07) is 3.75. The lowest BCUT2D eigenvalue weighted by atomic mass is 9.74. The number of hydrogen-bond acceptors (Lipinski definition) is 2. The fraction of sp³-hybridized carbons (Fsp3) is 0.462. The van der Waals surface area contributed by atoms with Crippen molar-refractivity contribution in [3.05, 3.63) is 25.6 Å². The van der Waals surface area contributed by atoms with Gasteiger partial charge < -0.3 is 11.1 Å². The predicted octanol–water partition coefficient (Wildman–Crippen LogP) is 4.68. The van der Waals surface area contributed by atoms with Gasteiger partial charge in [0.15, 0.2) is 0 Å². The predicted molar refractivity (Wildman–Crippen MR) is 90.2 cm³/mol. The molecular formula is C13H17Br3N2O. The van der Waals surface area contributed by atoms with Crippen molar-refractivity contribution < 1.29 is 4.79 Å². The van der Waals surface area contributed by atoms with Gasteiger partial charge in [0.05, 0.1) is 11.1 Å². The Hall–Kier alpha value is 0.0900. The first-order chi connectivity index (χ1) is 8.46. The second-order valence-corrected chi connectivity index (χ2v) is 8.17. The third-order valence-corrected chi connectivity index (χ3v) is 5.13. The molecule has 0 aliphatic carbocycles. The molecule has 0 spiro atoms. The minimum Gasteiger partial charge on any atom is -0.325 e. The van der Waals surface area contributed by atoms with Crippen molar-refractivity contribution in [1.82, 2.24) is 0 Å². The van der Waals surface area contributed by atoms with Crippen molar-refractivity contribution >= 4 is 59.4 Å². The number of halogens is 3. The van der Waals surface area contributed by atoms with E-state index in [1.807, 2.05) is 39.8 Å². The number of nitrogens with one attached hydrogen (secondary N) is 1. The molecule has 3 N–H and O–H groups in total. The Morgan fingerprint density at radius 1 is 1.11 bits per heavy atom. The van der Waals surface area contributed by atoms with E-state index in [9.17, 15) is 4.79 Å². The Bertz CT molecular complexity index is 484. The van der Waals surface area contributed by atoms with Crippen LogP contribution in [0, 0.1) is 5.41 Å². The largest absolute Gasteiger partial charge is 0.325 e. The van der Waals surface area contributed by atoms with Gasteiger partial charge in [0, 0.05) is 19.0 Å². The Morgan fingerprint density at radius 3 is 1.89 bits per heavy atom. The molecular weight excluding hydrogens is 440 g/mol. The zero-order valence-corrected chi connectivity index (χ0v) is 16.0. The summed E-state index contributed by atoms with van der Waals surface area (Å²) in [6.45, 7) is 7.36. The Balaban J connectivity index is 3.08. The molecule has 1 rings (SSSR count). The fourth-order valence-corrected chi connectivity index (χ4v) is 3.68. The van der Waals surface area contributed by atoms with E-state index in [1.54, 1.807) is 0 Å². The van der Waals surface area contributed by atoms with E-state index in [-0.39, 0.29) is 5.91 Å². The van der Waals surface area contributed by atoms with Crippen LogP contribution in [0.5, 0.6) is 0 Å². The fourth-order valence-electron chi connectivity index (χ4n) is 1.22. The van der Waals surface area contributed by atoms with Gasteiger partial charge in [0.1, 0.15) is 0 Å². The number of nitrogens with two attached hydrogens (primary N) is 1. The molecule has 19 heavy (non-hydrogen) atoms. The molecule has 1 aromatic carbocycles. The first-order valence-electron chi connectivity index (χ1n) is 5.71. The molecule has 6 heteroatoms. The van der Waals surface area contributed by atoms with E-state index >= 15 is 0 Å². The molecule has 0 fully saturated rings. The van der Waals surface area contributed by atoms with E-state index in [0.29, 0.717) is 5.69 Å². The number of carbonyl (C=O) groups is 1. The molecule has 1 amide bonds. The lowest BCUT2D eigenvalue weighted by Crippen LogP contribution is -2.53.